The van der Waals surface area contributed by atoms with Crippen LogP contribution in [0.5, 0.6) is 0 Å². The summed E-state index contributed by atoms with van der Waals surface area (Å²) in [5, 5.41) is 3.39. The molecule has 0 spiro atoms. The molecule has 1 heterocycles. The summed E-state index contributed by atoms with van der Waals surface area (Å²) in [5.41, 5.74) is 1.36. The Bertz CT molecular complexity index is 428. The normalized spacial score (nSPS) is 18.4. The van der Waals surface area contributed by atoms with E-state index in [4.69, 9.17) is 4.74 Å². The predicted molar refractivity (Wildman–Crippen MR) is 84.0 cm³/mol. The van der Waals surface area contributed by atoms with Gasteiger partial charge in [-0.1, -0.05) is 30.3 Å². The van der Waals surface area contributed by atoms with E-state index in [0.29, 0.717) is 12.6 Å². The number of piperidine rings is 1. The molecule has 116 valence electrons. The van der Waals surface area contributed by atoms with Crippen molar-refractivity contribution in [2.24, 2.45) is 0 Å². The second-order valence-corrected chi connectivity index (χ2v) is 5.68. The van der Waals surface area contributed by atoms with Gasteiger partial charge in [0.1, 0.15) is 6.04 Å². The van der Waals surface area contributed by atoms with Crippen molar-refractivity contribution in [3.05, 3.63) is 35.9 Å². The molecule has 1 atom stereocenters. The zero-order valence-corrected chi connectivity index (χ0v) is 13.0. The number of carbonyl (C=O) groups is 1. The zero-order chi connectivity index (χ0) is 15.1. The van der Waals surface area contributed by atoms with Gasteiger partial charge in [0.2, 0.25) is 0 Å². The number of nitrogens with one attached hydrogen (secondary N) is 1. The third-order valence-corrected chi connectivity index (χ3v) is 3.96. The molecule has 1 unspecified atom stereocenters. The summed E-state index contributed by atoms with van der Waals surface area (Å²) in [6.07, 6.45) is 2.16. The van der Waals surface area contributed by atoms with Gasteiger partial charge in [-0.25, -0.2) is 0 Å². The maximum Gasteiger partial charge on any atom is 0.322 e. The molecular weight excluding hydrogens is 264 g/mol. The molecule has 1 saturated heterocycles. The topological polar surface area (TPSA) is 41.6 Å². The fraction of sp³-hybridized carbons (Fsp3) is 0.588. The number of likely N-dealkylation sites (tertiary alicyclic amines) is 1. The van der Waals surface area contributed by atoms with Gasteiger partial charge < -0.3 is 10.1 Å². The Morgan fingerprint density at radius 1 is 1.33 bits per heavy atom. The maximum absolute atomic E-state index is 11.6. The van der Waals surface area contributed by atoms with Crippen molar-refractivity contribution in [2.45, 2.75) is 45.3 Å². The Labute approximate surface area is 127 Å². The highest BCUT2D eigenvalue weighted by Crippen LogP contribution is 2.14. The molecule has 0 amide bonds. The van der Waals surface area contributed by atoms with Crippen molar-refractivity contribution >= 4 is 5.97 Å². The smallest absolute Gasteiger partial charge is 0.322 e. The van der Waals surface area contributed by atoms with Crippen LogP contribution in [0.1, 0.15) is 32.3 Å². The van der Waals surface area contributed by atoms with E-state index in [2.05, 4.69) is 40.5 Å². The van der Waals surface area contributed by atoms with Crippen LogP contribution in [0.2, 0.25) is 0 Å². The van der Waals surface area contributed by atoms with Crippen LogP contribution in [0.3, 0.4) is 0 Å². The Hall–Kier alpha value is -1.39. The molecule has 0 saturated carbocycles. The van der Waals surface area contributed by atoms with Crippen molar-refractivity contribution in [1.82, 2.24) is 10.2 Å². The van der Waals surface area contributed by atoms with Crippen molar-refractivity contribution in [1.29, 1.82) is 0 Å². The molecule has 1 aliphatic heterocycles. The van der Waals surface area contributed by atoms with Gasteiger partial charge in [-0.15, -0.1) is 0 Å². The van der Waals surface area contributed by atoms with Gasteiger partial charge in [0, 0.05) is 12.6 Å². The van der Waals surface area contributed by atoms with Crippen LogP contribution in [0.15, 0.2) is 30.3 Å². The highest BCUT2D eigenvalue weighted by molar-refractivity contribution is 5.75. The van der Waals surface area contributed by atoms with E-state index in [0.717, 1.165) is 32.5 Å². The lowest BCUT2D eigenvalue weighted by molar-refractivity contribution is -0.145. The summed E-state index contributed by atoms with van der Waals surface area (Å²) in [6.45, 7) is 7.33. The minimum atomic E-state index is -0.212. The maximum atomic E-state index is 11.6. The van der Waals surface area contributed by atoms with Crippen LogP contribution in [-0.4, -0.2) is 42.6 Å². The molecule has 4 nitrogen and oxygen atoms in total. The Balaban J connectivity index is 1.72. The third-order valence-electron chi connectivity index (χ3n) is 3.96. The van der Waals surface area contributed by atoms with E-state index in [1.165, 1.54) is 5.56 Å². The molecule has 4 heteroatoms. The number of hydrogen-bond acceptors (Lipinski definition) is 4. The first kappa shape index (κ1) is 16.0. The van der Waals surface area contributed by atoms with Crippen LogP contribution in [0.4, 0.5) is 0 Å². The number of carbonyl (C=O) groups excluding carboxylic acids is 1. The molecular formula is C17H26N2O2. The van der Waals surface area contributed by atoms with Crippen LogP contribution in [-0.2, 0) is 16.1 Å². The Morgan fingerprint density at radius 3 is 2.62 bits per heavy atom. The molecule has 0 bridgehead atoms. The molecule has 1 aliphatic rings. The SMILES string of the molecule is CCOC(=O)C(C)NC1CCN(Cc2ccccc2)CC1. The predicted octanol–water partition coefficient (Wildman–Crippen LogP) is 2.19. The third kappa shape index (κ3) is 5.14. The van der Waals surface area contributed by atoms with E-state index in [1.54, 1.807) is 0 Å². The number of benzene rings is 1. The van der Waals surface area contributed by atoms with Crippen molar-refractivity contribution < 1.29 is 9.53 Å². The lowest BCUT2D eigenvalue weighted by Gasteiger charge is -2.33. The van der Waals surface area contributed by atoms with Gasteiger partial charge in [0.15, 0.2) is 0 Å². The molecule has 21 heavy (non-hydrogen) atoms. The molecule has 0 radical (unpaired) electrons. The number of rotatable bonds is 6. The molecule has 0 aromatic heterocycles. The molecule has 0 aliphatic carbocycles. The molecule has 1 N–H and O–H groups in total. The average molecular weight is 290 g/mol. The summed E-state index contributed by atoms with van der Waals surface area (Å²) >= 11 is 0. The quantitative estimate of drug-likeness (QED) is 0.816. The second-order valence-electron chi connectivity index (χ2n) is 5.68. The monoisotopic (exact) mass is 290 g/mol. The van der Waals surface area contributed by atoms with Gasteiger partial charge in [-0.3, -0.25) is 9.69 Å². The first-order valence-corrected chi connectivity index (χ1v) is 7.88. The summed E-state index contributed by atoms with van der Waals surface area (Å²) < 4.78 is 5.03. The van der Waals surface area contributed by atoms with Gasteiger partial charge in [-0.2, -0.15) is 0 Å². The fourth-order valence-corrected chi connectivity index (χ4v) is 2.79. The average Bonchev–Trinajstić information content (AvgIpc) is 2.50. The van der Waals surface area contributed by atoms with Crippen LogP contribution < -0.4 is 5.32 Å². The summed E-state index contributed by atoms with van der Waals surface area (Å²) in [4.78, 5) is 14.1. The fourth-order valence-electron chi connectivity index (χ4n) is 2.79. The molecule has 2 rings (SSSR count). The van der Waals surface area contributed by atoms with Gasteiger partial charge in [0.05, 0.1) is 6.61 Å². The molecule has 1 fully saturated rings. The van der Waals surface area contributed by atoms with Crippen LogP contribution >= 0.6 is 0 Å². The number of esters is 1. The highest BCUT2D eigenvalue weighted by atomic mass is 16.5. The lowest BCUT2D eigenvalue weighted by atomic mass is 10.0. The van der Waals surface area contributed by atoms with Gasteiger partial charge in [0.25, 0.3) is 0 Å². The van der Waals surface area contributed by atoms with E-state index in [9.17, 15) is 4.79 Å². The standard InChI is InChI=1S/C17H26N2O2/c1-3-21-17(20)14(2)18-16-9-11-19(12-10-16)13-15-7-5-4-6-8-15/h4-8,14,16,18H,3,9-13H2,1-2H3. The van der Waals surface area contributed by atoms with Crippen molar-refractivity contribution in [3.8, 4) is 0 Å². The van der Waals surface area contributed by atoms with Crippen molar-refractivity contribution in [3.63, 3.8) is 0 Å². The first-order chi connectivity index (χ1) is 10.2. The summed E-state index contributed by atoms with van der Waals surface area (Å²) in [5.74, 6) is -0.149. The summed E-state index contributed by atoms with van der Waals surface area (Å²) in [7, 11) is 0. The first-order valence-electron chi connectivity index (χ1n) is 7.88. The Kier molecular flexibility index (Phi) is 6.21. The summed E-state index contributed by atoms with van der Waals surface area (Å²) in [6, 6.07) is 10.8. The highest BCUT2D eigenvalue weighted by Gasteiger charge is 2.23. The molecule has 1 aromatic carbocycles. The van der Waals surface area contributed by atoms with Gasteiger partial charge >= 0.3 is 5.97 Å². The minimum Gasteiger partial charge on any atom is -0.465 e. The zero-order valence-electron chi connectivity index (χ0n) is 13.0. The van der Waals surface area contributed by atoms with Crippen LogP contribution in [0.25, 0.3) is 0 Å². The Morgan fingerprint density at radius 2 is 2.00 bits per heavy atom. The number of nitrogens with zero attached hydrogens (tertiary/aromatic N) is 1. The largest absolute Gasteiger partial charge is 0.465 e. The van der Waals surface area contributed by atoms with E-state index in [-0.39, 0.29) is 12.0 Å². The lowest BCUT2D eigenvalue weighted by Crippen LogP contribution is -2.47. The molecule has 1 aromatic rings. The van der Waals surface area contributed by atoms with E-state index >= 15 is 0 Å². The number of hydrogen-bond donors (Lipinski definition) is 1. The van der Waals surface area contributed by atoms with Crippen LogP contribution in [0, 0.1) is 0 Å². The number of ether oxygens (including phenoxy) is 1. The second kappa shape index (κ2) is 8.15. The van der Waals surface area contributed by atoms with E-state index in [1.807, 2.05) is 13.8 Å². The van der Waals surface area contributed by atoms with Crippen molar-refractivity contribution in [2.75, 3.05) is 19.7 Å². The van der Waals surface area contributed by atoms with Gasteiger partial charge in [-0.05, 0) is 45.3 Å². The van der Waals surface area contributed by atoms with E-state index < -0.39 is 0 Å². The minimum absolute atomic E-state index is 0.149.